The molecule has 3 rings (SSSR count). The van der Waals surface area contributed by atoms with E-state index in [0.717, 1.165) is 6.07 Å². The lowest BCUT2D eigenvalue weighted by Crippen LogP contribution is -1.94. The third kappa shape index (κ3) is 3.28. The Morgan fingerprint density at radius 3 is 2.58 bits per heavy atom. The standard InChI is InChI=1S/C15H10ClF2N3O3/c1-22-8-6-19-15(20-7-8)23-11-4-2-3-9(16)13(11)12-5-10(14(17)18)21-24-12/h2-7,14H,1H3. The molecule has 9 heteroatoms. The molecule has 0 unspecified atom stereocenters. The van der Waals surface area contributed by atoms with Gasteiger partial charge in [-0.3, -0.25) is 0 Å². The molecule has 0 fully saturated rings. The summed E-state index contributed by atoms with van der Waals surface area (Å²) in [5, 5.41) is 3.57. The highest BCUT2D eigenvalue weighted by molar-refractivity contribution is 6.33. The zero-order valence-corrected chi connectivity index (χ0v) is 13.0. The second kappa shape index (κ2) is 6.79. The average molecular weight is 354 g/mol. The first-order valence-electron chi connectivity index (χ1n) is 6.66. The van der Waals surface area contributed by atoms with E-state index < -0.39 is 12.1 Å². The molecule has 2 aromatic heterocycles. The van der Waals surface area contributed by atoms with Crippen LogP contribution in [0.1, 0.15) is 12.1 Å². The Balaban J connectivity index is 1.97. The number of benzene rings is 1. The molecule has 0 N–H and O–H groups in total. The van der Waals surface area contributed by atoms with Crippen LogP contribution in [0.5, 0.6) is 17.5 Å². The van der Waals surface area contributed by atoms with Gasteiger partial charge in [0.25, 0.3) is 6.43 Å². The highest BCUT2D eigenvalue weighted by atomic mass is 35.5. The predicted octanol–water partition coefficient (Wildman–Crippen LogP) is 4.52. The van der Waals surface area contributed by atoms with Crippen LogP contribution in [-0.4, -0.2) is 22.2 Å². The third-order valence-corrected chi connectivity index (χ3v) is 3.33. The fraction of sp³-hybridized carbons (Fsp3) is 0.133. The molecule has 2 heterocycles. The molecule has 0 aliphatic rings. The van der Waals surface area contributed by atoms with Gasteiger partial charge in [0.2, 0.25) is 0 Å². The average Bonchev–Trinajstić information content (AvgIpc) is 3.05. The van der Waals surface area contributed by atoms with Crippen LogP contribution in [0.15, 0.2) is 41.2 Å². The lowest BCUT2D eigenvalue weighted by Gasteiger charge is -2.09. The van der Waals surface area contributed by atoms with Gasteiger partial charge in [0, 0.05) is 6.07 Å². The molecule has 24 heavy (non-hydrogen) atoms. The summed E-state index contributed by atoms with van der Waals surface area (Å²) >= 11 is 6.15. The van der Waals surface area contributed by atoms with E-state index in [9.17, 15) is 8.78 Å². The third-order valence-electron chi connectivity index (χ3n) is 3.02. The number of halogens is 3. The minimum atomic E-state index is -2.75. The molecule has 0 aliphatic carbocycles. The largest absolute Gasteiger partial charge is 0.494 e. The van der Waals surface area contributed by atoms with Crippen LogP contribution in [-0.2, 0) is 0 Å². The van der Waals surface area contributed by atoms with Gasteiger partial charge >= 0.3 is 6.01 Å². The molecule has 0 spiro atoms. The topological polar surface area (TPSA) is 70.3 Å². The van der Waals surface area contributed by atoms with Crippen molar-refractivity contribution in [3.8, 4) is 28.8 Å². The summed E-state index contributed by atoms with van der Waals surface area (Å²) in [4.78, 5) is 7.95. The van der Waals surface area contributed by atoms with Gasteiger partial charge in [-0.15, -0.1) is 0 Å². The predicted molar refractivity (Wildman–Crippen MR) is 80.6 cm³/mol. The number of hydrogen-bond acceptors (Lipinski definition) is 6. The lowest BCUT2D eigenvalue weighted by atomic mass is 10.1. The molecule has 0 radical (unpaired) electrons. The molecule has 1 aromatic carbocycles. The Hall–Kier alpha value is -2.74. The van der Waals surface area contributed by atoms with Crippen LogP contribution in [0, 0.1) is 0 Å². The number of nitrogens with zero attached hydrogens (tertiary/aromatic N) is 3. The van der Waals surface area contributed by atoms with Gasteiger partial charge in [-0.05, 0) is 12.1 Å². The molecular weight excluding hydrogens is 344 g/mol. The molecule has 124 valence electrons. The van der Waals surface area contributed by atoms with Gasteiger partial charge in [0.15, 0.2) is 11.5 Å². The van der Waals surface area contributed by atoms with Crippen molar-refractivity contribution >= 4 is 11.6 Å². The van der Waals surface area contributed by atoms with E-state index in [1.807, 2.05) is 0 Å². The monoisotopic (exact) mass is 353 g/mol. The summed E-state index contributed by atoms with van der Waals surface area (Å²) in [5.41, 5.74) is -0.213. The number of hydrogen-bond donors (Lipinski definition) is 0. The van der Waals surface area contributed by atoms with E-state index in [4.69, 9.17) is 25.6 Å². The molecule has 0 saturated heterocycles. The van der Waals surface area contributed by atoms with Crippen molar-refractivity contribution in [3.63, 3.8) is 0 Å². The first-order chi connectivity index (χ1) is 11.6. The first kappa shape index (κ1) is 16.1. The van der Waals surface area contributed by atoms with Crippen molar-refractivity contribution in [1.29, 1.82) is 0 Å². The first-order valence-corrected chi connectivity index (χ1v) is 7.04. The zero-order chi connectivity index (χ0) is 17.1. The van der Waals surface area contributed by atoms with Crippen LogP contribution in [0.25, 0.3) is 11.3 Å². The van der Waals surface area contributed by atoms with Gasteiger partial charge in [-0.1, -0.05) is 22.8 Å². The van der Waals surface area contributed by atoms with Crippen molar-refractivity contribution in [3.05, 3.63) is 47.4 Å². The number of ether oxygens (including phenoxy) is 2. The molecule has 0 amide bonds. The van der Waals surface area contributed by atoms with E-state index >= 15 is 0 Å². The highest BCUT2D eigenvalue weighted by Crippen LogP contribution is 2.39. The normalized spacial score (nSPS) is 10.9. The molecule has 0 saturated carbocycles. The summed E-state index contributed by atoms with van der Waals surface area (Å²) in [6.07, 6.45) is 0.102. The van der Waals surface area contributed by atoms with Crippen molar-refractivity contribution in [2.75, 3.05) is 7.11 Å². The number of rotatable bonds is 5. The second-order valence-electron chi connectivity index (χ2n) is 4.54. The fourth-order valence-corrected chi connectivity index (χ4v) is 2.16. The number of methoxy groups -OCH3 is 1. The fourth-order valence-electron chi connectivity index (χ4n) is 1.90. The molecule has 0 aliphatic heterocycles. The molecule has 3 aromatic rings. The second-order valence-corrected chi connectivity index (χ2v) is 4.94. The van der Waals surface area contributed by atoms with Crippen LogP contribution in [0.2, 0.25) is 5.02 Å². The van der Waals surface area contributed by atoms with Gasteiger partial charge < -0.3 is 14.0 Å². The maximum Gasteiger partial charge on any atom is 0.322 e. The Kier molecular flexibility index (Phi) is 4.57. The van der Waals surface area contributed by atoms with E-state index in [-0.39, 0.29) is 28.1 Å². The highest BCUT2D eigenvalue weighted by Gasteiger charge is 2.20. The Labute approximate surface area is 140 Å². The summed E-state index contributed by atoms with van der Waals surface area (Å²) in [7, 11) is 1.48. The molecular formula is C15H10ClF2N3O3. The van der Waals surface area contributed by atoms with Crippen LogP contribution >= 0.6 is 11.6 Å². The maximum absolute atomic E-state index is 12.7. The summed E-state index contributed by atoms with van der Waals surface area (Å²) in [6, 6.07) is 5.93. The van der Waals surface area contributed by atoms with Crippen LogP contribution in [0.4, 0.5) is 8.78 Å². The molecule has 6 nitrogen and oxygen atoms in total. The van der Waals surface area contributed by atoms with E-state index in [2.05, 4.69) is 15.1 Å². The van der Waals surface area contributed by atoms with E-state index in [1.165, 1.54) is 19.5 Å². The van der Waals surface area contributed by atoms with Crippen LogP contribution < -0.4 is 9.47 Å². The minimum absolute atomic E-state index is 0.0351. The SMILES string of the molecule is COc1cnc(Oc2cccc(Cl)c2-c2cc(C(F)F)no2)nc1. The van der Waals surface area contributed by atoms with Gasteiger partial charge in [-0.2, -0.15) is 9.97 Å². The van der Waals surface area contributed by atoms with Gasteiger partial charge in [0.05, 0.1) is 30.1 Å². The Morgan fingerprint density at radius 1 is 1.21 bits per heavy atom. The number of aromatic nitrogens is 3. The van der Waals surface area contributed by atoms with Crippen molar-refractivity contribution in [2.24, 2.45) is 0 Å². The Bertz CT molecular complexity index is 840. The van der Waals surface area contributed by atoms with Gasteiger partial charge in [0.1, 0.15) is 11.4 Å². The lowest BCUT2D eigenvalue weighted by molar-refractivity contribution is 0.140. The molecule has 0 atom stereocenters. The van der Waals surface area contributed by atoms with E-state index in [1.54, 1.807) is 18.2 Å². The quantitative estimate of drug-likeness (QED) is 0.671. The van der Waals surface area contributed by atoms with E-state index in [0.29, 0.717) is 5.75 Å². The van der Waals surface area contributed by atoms with Crippen LogP contribution in [0.3, 0.4) is 0 Å². The van der Waals surface area contributed by atoms with Crippen molar-refractivity contribution < 1.29 is 22.8 Å². The summed E-state index contributed by atoms with van der Waals surface area (Å²) in [6.45, 7) is 0. The smallest absolute Gasteiger partial charge is 0.322 e. The molecule has 0 bridgehead atoms. The van der Waals surface area contributed by atoms with Crippen molar-refractivity contribution in [2.45, 2.75) is 6.43 Å². The summed E-state index contributed by atoms with van der Waals surface area (Å²) in [5.74, 6) is 0.759. The maximum atomic E-state index is 12.7. The number of alkyl halides is 2. The zero-order valence-electron chi connectivity index (χ0n) is 12.2. The van der Waals surface area contributed by atoms with Crippen molar-refractivity contribution in [1.82, 2.24) is 15.1 Å². The van der Waals surface area contributed by atoms with Gasteiger partial charge in [-0.25, -0.2) is 8.78 Å². The minimum Gasteiger partial charge on any atom is -0.494 e. The Morgan fingerprint density at radius 2 is 1.96 bits per heavy atom. The summed E-state index contributed by atoms with van der Waals surface area (Å²) < 4.78 is 40.9.